The van der Waals surface area contributed by atoms with Crippen molar-refractivity contribution < 1.29 is 9.53 Å². The van der Waals surface area contributed by atoms with Crippen LogP contribution >= 0.6 is 22.9 Å². The average Bonchev–Trinajstić information content (AvgIpc) is 2.80. The Morgan fingerprint density at radius 2 is 2.20 bits per heavy atom. The Hall–Kier alpha value is -1.52. The van der Waals surface area contributed by atoms with Crippen LogP contribution in [0.4, 0.5) is 5.00 Å². The quantitative estimate of drug-likeness (QED) is 0.905. The molecule has 0 aliphatic heterocycles. The monoisotopic (exact) mass is 307 g/mol. The van der Waals surface area contributed by atoms with Crippen LogP contribution in [0.2, 0.25) is 5.02 Å². The number of thiophene rings is 1. The Balaban J connectivity index is 2.16. The molecule has 0 spiro atoms. The van der Waals surface area contributed by atoms with Crippen LogP contribution in [0.3, 0.4) is 0 Å². The lowest BCUT2D eigenvalue weighted by atomic mass is 9.91. The van der Waals surface area contributed by atoms with E-state index >= 15 is 0 Å². The summed E-state index contributed by atoms with van der Waals surface area (Å²) in [6, 6.07) is 5.82. The molecule has 0 bridgehead atoms. The summed E-state index contributed by atoms with van der Waals surface area (Å²) in [4.78, 5) is 12.3. The maximum Gasteiger partial charge on any atom is 0.221 e. The molecule has 1 aliphatic carbocycles. The van der Waals surface area contributed by atoms with Gasteiger partial charge in [0.05, 0.1) is 12.1 Å². The Morgan fingerprint density at radius 3 is 2.90 bits per heavy atom. The molecule has 3 rings (SSSR count). The molecule has 1 heterocycles. The molecule has 2 aromatic rings. The zero-order valence-corrected chi connectivity index (χ0v) is 12.8. The zero-order valence-electron chi connectivity index (χ0n) is 11.2. The zero-order chi connectivity index (χ0) is 14.3. The maximum absolute atomic E-state index is 11.2. The third-order valence-electron chi connectivity index (χ3n) is 3.42. The first kappa shape index (κ1) is 13.5. The highest BCUT2D eigenvalue weighted by Gasteiger charge is 2.24. The number of halogens is 1. The van der Waals surface area contributed by atoms with Gasteiger partial charge in [0.15, 0.2) is 0 Å². The topological polar surface area (TPSA) is 38.3 Å². The van der Waals surface area contributed by atoms with Crippen molar-refractivity contribution in [3.63, 3.8) is 0 Å². The molecule has 0 saturated heterocycles. The number of anilines is 1. The summed E-state index contributed by atoms with van der Waals surface area (Å²) in [5, 5.41) is 4.50. The Morgan fingerprint density at radius 1 is 1.40 bits per heavy atom. The number of rotatable bonds is 2. The van der Waals surface area contributed by atoms with Gasteiger partial charge in [-0.15, -0.1) is 11.3 Å². The third kappa shape index (κ3) is 2.19. The van der Waals surface area contributed by atoms with E-state index in [1.807, 2.05) is 18.2 Å². The fourth-order valence-corrected chi connectivity index (χ4v) is 4.07. The summed E-state index contributed by atoms with van der Waals surface area (Å²) in [5.74, 6) is 0.781. The van der Waals surface area contributed by atoms with E-state index in [0.717, 1.165) is 44.6 Å². The first-order valence-electron chi connectivity index (χ1n) is 6.36. The summed E-state index contributed by atoms with van der Waals surface area (Å²) in [7, 11) is 1.67. The molecule has 0 radical (unpaired) electrons. The highest BCUT2D eigenvalue weighted by atomic mass is 35.5. The van der Waals surface area contributed by atoms with Gasteiger partial charge < -0.3 is 10.1 Å². The van der Waals surface area contributed by atoms with Crippen LogP contribution < -0.4 is 10.1 Å². The van der Waals surface area contributed by atoms with Crippen LogP contribution in [0.25, 0.3) is 10.4 Å². The van der Waals surface area contributed by atoms with Crippen LogP contribution in [-0.2, 0) is 17.6 Å². The van der Waals surface area contributed by atoms with Crippen molar-refractivity contribution in [2.24, 2.45) is 0 Å². The second-order valence-corrected chi connectivity index (χ2v) is 6.21. The van der Waals surface area contributed by atoms with Crippen molar-refractivity contribution in [3.8, 4) is 16.2 Å². The summed E-state index contributed by atoms with van der Waals surface area (Å²) in [6.07, 6.45) is 1.83. The number of amides is 1. The number of carbonyl (C=O) groups is 1. The van der Waals surface area contributed by atoms with E-state index in [1.165, 1.54) is 12.5 Å². The van der Waals surface area contributed by atoms with Gasteiger partial charge >= 0.3 is 0 Å². The van der Waals surface area contributed by atoms with Crippen LogP contribution in [0.5, 0.6) is 5.75 Å². The van der Waals surface area contributed by atoms with E-state index in [9.17, 15) is 4.79 Å². The first-order valence-corrected chi connectivity index (χ1v) is 7.55. The molecule has 5 heteroatoms. The number of hydrogen-bond acceptors (Lipinski definition) is 3. The van der Waals surface area contributed by atoms with E-state index in [-0.39, 0.29) is 5.91 Å². The smallest absolute Gasteiger partial charge is 0.221 e. The number of aryl methyl sites for hydroxylation is 1. The number of methoxy groups -OCH3 is 1. The minimum atomic E-state index is -0.0538. The van der Waals surface area contributed by atoms with E-state index in [1.54, 1.807) is 18.4 Å². The van der Waals surface area contributed by atoms with Crippen molar-refractivity contribution in [1.82, 2.24) is 0 Å². The van der Waals surface area contributed by atoms with Crippen LogP contribution in [0.1, 0.15) is 18.1 Å². The second-order valence-electron chi connectivity index (χ2n) is 4.75. The van der Waals surface area contributed by atoms with Gasteiger partial charge in [-0.2, -0.15) is 0 Å². The molecule has 20 heavy (non-hydrogen) atoms. The molecule has 104 valence electrons. The van der Waals surface area contributed by atoms with Crippen molar-refractivity contribution >= 4 is 33.8 Å². The fourth-order valence-electron chi connectivity index (χ4n) is 2.59. The van der Waals surface area contributed by atoms with E-state index in [4.69, 9.17) is 16.3 Å². The molecule has 1 aromatic carbocycles. The molecule has 0 atom stereocenters. The van der Waals surface area contributed by atoms with Crippen molar-refractivity contribution in [1.29, 1.82) is 0 Å². The molecule has 0 saturated carbocycles. The largest absolute Gasteiger partial charge is 0.496 e. The van der Waals surface area contributed by atoms with Gasteiger partial charge in [-0.25, -0.2) is 0 Å². The fraction of sp³-hybridized carbons (Fsp3) is 0.267. The minimum Gasteiger partial charge on any atom is -0.496 e. The Kier molecular flexibility index (Phi) is 3.44. The highest BCUT2D eigenvalue weighted by molar-refractivity contribution is 7.19. The minimum absolute atomic E-state index is 0.0538. The summed E-state index contributed by atoms with van der Waals surface area (Å²) in [6.45, 7) is 1.52. The van der Waals surface area contributed by atoms with Crippen molar-refractivity contribution in [2.45, 2.75) is 19.8 Å². The Labute approximate surface area is 126 Å². The molecule has 1 aromatic heterocycles. The SMILES string of the molecule is COc1ccc(Cl)c2c1-c1sc(NC(C)=O)cc1CC2. The molecule has 1 N–H and O–H groups in total. The summed E-state index contributed by atoms with van der Waals surface area (Å²) < 4.78 is 5.48. The molecule has 0 unspecified atom stereocenters. The van der Waals surface area contributed by atoms with Gasteiger partial charge in [0.25, 0.3) is 0 Å². The highest BCUT2D eigenvalue weighted by Crippen LogP contribution is 2.47. The van der Waals surface area contributed by atoms with Gasteiger partial charge in [-0.05, 0) is 42.2 Å². The number of nitrogens with one attached hydrogen (secondary N) is 1. The van der Waals surface area contributed by atoms with Crippen molar-refractivity contribution in [2.75, 3.05) is 12.4 Å². The lowest BCUT2D eigenvalue weighted by molar-refractivity contribution is -0.114. The normalized spacial score (nSPS) is 12.6. The Bertz CT molecular complexity index is 693. The number of benzene rings is 1. The standard InChI is InChI=1S/C15H14ClNO2S/c1-8(18)17-13-7-9-3-4-10-11(16)5-6-12(19-2)14(10)15(9)20-13/h5-7H,3-4H2,1-2H3,(H,17,18). The predicted octanol–water partition coefficient (Wildman–Crippen LogP) is 4.13. The second kappa shape index (κ2) is 5.11. The molecule has 1 aliphatic rings. The van der Waals surface area contributed by atoms with Gasteiger partial charge in [-0.3, -0.25) is 4.79 Å². The van der Waals surface area contributed by atoms with Gasteiger partial charge in [-0.1, -0.05) is 11.6 Å². The molecule has 1 amide bonds. The van der Waals surface area contributed by atoms with Gasteiger partial charge in [0, 0.05) is 22.4 Å². The van der Waals surface area contributed by atoms with E-state index in [2.05, 4.69) is 5.32 Å². The summed E-state index contributed by atoms with van der Waals surface area (Å²) >= 11 is 7.88. The average molecular weight is 308 g/mol. The number of fused-ring (bicyclic) bond motifs is 3. The maximum atomic E-state index is 11.2. The number of carbonyl (C=O) groups excluding carboxylic acids is 1. The molecular weight excluding hydrogens is 294 g/mol. The lowest BCUT2D eigenvalue weighted by Crippen LogP contribution is -2.04. The molecule has 3 nitrogen and oxygen atoms in total. The molecular formula is C15H14ClNO2S. The first-order chi connectivity index (χ1) is 9.60. The number of ether oxygens (including phenoxy) is 1. The van der Waals surface area contributed by atoms with Crippen LogP contribution in [0.15, 0.2) is 18.2 Å². The van der Waals surface area contributed by atoms with E-state index < -0.39 is 0 Å². The molecule has 0 fully saturated rings. The number of hydrogen-bond donors (Lipinski definition) is 1. The van der Waals surface area contributed by atoms with Crippen molar-refractivity contribution in [3.05, 3.63) is 34.3 Å². The van der Waals surface area contributed by atoms with Gasteiger partial charge in [0.1, 0.15) is 5.75 Å². The van der Waals surface area contributed by atoms with Gasteiger partial charge in [0.2, 0.25) is 5.91 Å². The summed E-state index contributed by atoms with van der Waals surface area (Å²) in [5.41, 5.74) is 3.45. The van der Waals surface area contributed by atoms with Crippen LogP contribution in [-0.4, -0.2) is 13.0 Å². The van der Waals surface area contributed by atoms with Crippen LogP contribution in [0, 0.1) is 0 Å². The third-order valence-corrected chi connectivity index (χ3v) is 4.88. The predicted molar refractivity (Wildman–Crippen MR) is 83.0 cm³/mol. The van der Waals surface area contributed by atoms with E-state index in [0.29, 0.717) is 0 Å². The lowest BCUT2D eigenvalue weighted by Gasteiger charge is -2.20.